The molecule has 0 radical (unpaired) electrons. The second kappa shape index (κ2) is 5.18. The highest BCUT2D eigenvalue weighted by Gasteiger charge is 2.34. The topological polar surface area (TPSA) is 37.3 Å². The predicted molar refractivity (Wildman–Crippen MR) is 50.2 cm³/mol. The van der Waals surface area contributed by atoms with Gasteiger partial charge in [0.05, 0.1) is 5.41 Å². The molecule has 0 aliphatic rings. The maximum atomic E-state index is 11.0. The quantitative estimate of drug-likeness (QED) is 0.668. The first-order valence-electron chi connectivity index (χ1n) is 4.86. The molecule has 0 aromatic carbocycles. The SMILES string of the molecule is CCCC(CC)(CCC)C(=O)O. The molecule has 0 aromatic heterocycles. The van der Waals surface area contributed by atoms with Crippen LogP contribution in [0.15, 0.2) is 0 Å². The molecule has 2 heteroatoms. The zero-order valence-electron chi connectivity index (χ0n) is 8.39. The fraction of sp³-hybridized carbons (Fsp3) is 0.900. The molecule has 2 nitrogen and oxygen atoms in total. The highest BCUT2D eigenvalue weighted by atomic mass is 16.4. The van der Waals surface area contributed by atoms with E-state index in [1.807, 2.05) is 20.8 Å². The molecule has 0 amide bonds. The van der Waals surface area contributed by atoms with Crippen LogP contribution in [0.3, 0.4) is 0 Å². The number of hydrogen-bond acceptors (Lipinski definition) is 1. The highest BCUT2D eigenvalue weighted by Crippen LogP contribution is 2.33. The third kappa shape index (κ3) is 2.50. The molecule has 0 saturated heterocycles. The zero-order chi connectivity index (χ0) is 9.61. The van der Waals surface area contributed by atoms with Gasteiger partial charge in [-0.25, -0.2) is 0 Å². The van der Waals surface area contributed by atoms with E-state index in [1.54, 1.807) is 0 Å². The van der Waals surface area contributed by atoms with Crippen molar-refractivity contribution in [3.05, 3.63) is 0 Å². The summed E-state index contributed by atoms with van der Waals surface area (Å²) in [4.78, 5) is 11.0. The lowest BCUT2D eigenvalue weighted by Gasteiger charge is -2.27. The molecule has 0 aromatic rings. The van der Waals surface area contributed by atoms with Gasteiger partial charge < -0.3 is 5.11 Å². The van der Waals surface area contributed by atoms with Crippen molar-refractivity contribution in [2.24, 2.45) is 5.41 Å². The minimum atomic E-state index is -0.617. The van der Waals surface area contributed by atoms with Crippen molar-refractivity contribution in [2.75, 3.05) is 0 Å². The van der Waals surface area contributed by atoms with E-state index in [2.05, 4.69) is 0 Å². The smallest absolute Gasteiger partial charge is 0.309 e. The number of carboxylic acid groups (broad SMARTS) is 1. The number of carboxylic acids is 1. The molecule has 0 saturated carbocycles. The van der Waals surface area contributed by atoms with Crippen LogP contribution in [0.2, 0.25) is 0 Å². The summed E-state index contributed by atoms with van der Waals surface area (Å²) in [6, 6.07) is 0. The largest absolute Gasteiger partial charge is 0.481 e. The van der Waals surface area contributed by atoms with Crippen LogP contribution >= 0.6 is 0 Å². The first kappa shape index (κ1) is 11.5. The average Bonchev–Trinajstić information content (AvgIpc) is 2.03. The van der Waals surface area contributed by atoms with Gasteiger partial charge in [0.15, 0.2) is 0 Å². The van der Waals surface area contributed by atoms with Crippen LogP contribution in [0.1, 0.15) is 52.9 Å². The summed E-state index contributed by atoms with van der Waals surface area (Å²) >= 11 is 0. The minimum Gasteiger partial charge on any atom is -0.481 e. The molecule has 1 N–H and O–H groups in total. The first-order valence-corrected chi connectivity index (χ1v) is 4.86. The maximum Gasteiger partial charge on any atom is 0.309 e. The van der Waals surface area contributed by atoms with Gasteiger partial charge in [-0.3, -0.25) is 4.79 Å². The number of rotatable bonds is 6. The van der Waals surface area contributed by atoms with E-state index < -0.39 is 11.4 Å². The van der Waals surface area contributed by atoms with Crippen LogP contribution in [0.25, 0.3) is 0 Å². The Kier molecular flexibility index (Phi) is 4.95. The predicted octanol–water partition coefficient (Wildman–Crippen LogP) is 3.07. The van der Waals surface area contributed by atoms with Gasteiger partial charge in [0, 0.05) is 0 Å². The summed E-state index contributed by atoms with van der Waals surface area (Å²) in [6.45, 7) is 6.06. The van der Waals surface area contributed by atoms with Crippen molar-refractivity contribution >= 4 is 5.97 Å². The van der Waals surface area contributed by atoms with E-state index in [-0.39, 0.29) is 0 Å². The van der Waals surface area contributed by atoms with Gasteiger partial charge in [-0.15, -0.1) is 0 Å². The highest BCUT2D eigenvalue weighted by molar-refractivity contribution is 5.74. The number of carbonyl (C=O) groups is 1. The van der Waals surface area contributed by atoms with Crippen LogP contribution in [0.4, 0.5) is 0 Å². The van der Waals surface area contributed by atoms with Crippen molar-refractivity contribution in [3.8, 4) is 0 Å². The standard InChI is InChI=1S/C10H20O2/c1-4-7-10(6-3,8-5-2)9(11)12/h4-8H2,1-3H3,(H,11,12). The van der Waals surface area contributed by atoms with Gasteiger partial charge in [0.1, 0.15) is 0 Å². The van der Waals surface area contributed by atoms with Crippen molar-refractivity contribution in [1.29, 1.82) is 0 Å². The summed E-state index contributed by atoms with van der Waals surface area (Å²) < 4.78 is 0. The van der Waals surface area contributed by atoms with Gasteiger partial charge in [-0.2, -0.15) is 0 Å². The monoisotopic (exact) mass is 172 g/mol. The molecule has 0 aliphatic carbocycles. The Morgan fingerprint density at radius 1 is 1.17 bits per heavy atom. The molecule has 0 unspecified atom stereocenters. The molecular formula is C10H20O2. The Balaban J connectivity index is 4.39. The van der Waals surface area contributed by atoms with E-state index in [0.29, 0.717) is 0 Å². The zero-order valence-corrected chi connectivity index (χ0v) is 8.39. The third-order valence-corrected chi connectivity index (χ3v) is 2.59. The van der Waals surface area contributed by atoms with Crippen molar-refractivity contribution < 1.29 is 9.90 Å². The van der Waals surface area contributed by atoms with Crippen LogP contribution in [-0.4, -0.2) is 11.1 Å². The molecule has 72 valence electrons. The number of hydrogen-bond donors (Lipinski definition) is 1. The second-order valence-electron chi connectivity index (χ2n) is 3.44. The van der Waals surface area contributed by atoms with Gasteiger partial charge in [-0.05, 0) is 19.3 Å². The lowest BCUT2D eigenvalue weighted by Crippen LogP contribution is -2.30. The molecular weight excluding hydrogens is 152 g/mol. The third-order valence-electron chi connectivity index (χ3n) is 2.59. The Morgan fingerprint density at radius 2 is 1.58 bits per heavy atom. The van der Waals surface area contributed by atoms with Gasteiger partial charge >= 0.3 is 5.97 Å². The Labute approximate surface area is 75.0 Å². The fourth-order valence-electron chi connectivity index (χ4n) is 1.80. The van der Waals surface area contributed by atoms with Gasteiger partial charge in [0.2, 0.25) is 0 Å². The van der Waals surface area contributed by atoms with Crippen LogP contribution in [0, 0.1) is 5.41 Å². The molecule has 0 fully saturated rings. The van der Waals surface area contributed by atoms with Crippen LogP contribution in [-0.2, 0) is 4.79 Å². The Hall–Kier alpha value is -0.530. The van der Waals surface area contributed by atoms with Crippen molar-refractivity contribution in [2.45, 2.75) is 52.9 Å². The minimum absolute atomic E-state index is 0.441. The van der Waals surface area contributed by atoms with E-state index in [9.17, 15) is 4.79 Å². The number of aliphatic carboxylic acids is 1. The molecule has 0 aliphatic heterocycles. The molecule has 0 atom stereocenters. The first-order chi connectivity index (χ1) is 5.63. The average molecular weight is 172 g/mol. The normalized spacial score (nSPS) is 11.6. The maximum absolute atomic E-state index is 11.0. The summed E-state index contributed by atoms with van der Waals surface area (Å²) in [5.41, 5.74) is -0.441. The molecule has 0 rings (SSSR count). The van der Waals surface area contributed by atoms with E-state index >= 15 is 0 Å². The van der Waals surface area contributed by atoms with E-state index in [1.165, 1.54) is 0 Å². The van der Waals surface area contributed by atoms with Crippen molar-refractivity contribution in [1.82, 2.24) is 0 Å². The Morgan fingerprint density at radius 3 is 1.75 bits per heavy atom. The van der Waals surface area contributed by atoms with Gasteiger partial charge in [0.25, 0.3) is 0 Å². The molecule has 12 heavy (non-hydrogen) atoms. The van der Waals surface area contributed by atoms with Crippen LogP contribution in [0.5, 0.6) is 0 Å². The molecule has 0 heterocycles. The molecule has 0 spiro atoms. The molecule has 0 bridgehead atoms. The summed E-state index contributed by atoms with van der Waals surface area (Å²) in [6.07, 6.45) is 4.30. The van der Waals surface area contributed by atoms with E-state index in [4.69, 9.17) is 5.11 Å². The lowest BCUT2D eigenvalue weighted by molar-refractivity contribution is -0.150. The Bertz CT molecular complexity index is 135. The second-order valence-corrected chi connectivity index (χ2v) is 3.44. The van der Waals surface area contributed by atoms with Crippen molar-refractivity contribution in [3.63, 3.8) is 0 Å². The lowest BCUT2D eigenvalue weighted by atomic mass is 9.77. The van der Waals surface area contributed by atoms with Gasteiger partial charge in [-0.1, -0.05) is 33.6 Å². The fourth-order valence-corrected chi connectivity index (χ4v) is 1.80. The summed E-state index contributed by atoms with van der Waals surface area (Å²) in [7, 11) is 0. The summed E-state index contributed by atoms with van der Waals surface area (Å²) in [5, 5.41) is 9.09. The summed E-state index contributed by atoms with van der Waals surface area (Å²) in [5.74, 6) is -0.617. The van der Waals surface area contributed by atoms with Crippen LogP contribution < -0.4 is 0 Å². The van der Waals surface area contributed by atoms with E-state index in [0.717, 1.165) is 32.1 Å².